The summed E-state index contributed by atoms with van der Waals surface area (Å²) < 4.78 is 39.8. The second-order valence-corrected chi connectivity index (χ2v) is 2.68. The molecule has 0 bridgehead atoms. The third-order valence-electron chi connectivity index (χ3n) is 1.51. The average molecular weight is 210 g/mol. The molecule has 1 rings (SSSR count). The summed E-state index contributed by atoms with van der Waals surface area (Å²) in [6.45, 7) is -0.431. The number of aliphatic hydroxyl groups excluding tert-OH is 1. The van der Waals surface area contributed by atoms with Gasteiger partial charge in [-0.3, -0.25) is 0 Å². The summed E-state index contributed by atoms with van der Waals surface area (Å²) in [6.07, 6.45) is -5.62. The Bertz CT molecular complexity index is 260. The lowest BCUT2D eigenvalue weighted by molar-refractivity contribution is -0.201. The molecule has 0 aliphatic heterocycles. The van der Waals surface area contributed by atoms with Gasteiger partial charge >= 0.3 is 6.18 Å². The van der Waals surface area contributed by atoms with Crippen LogP contribution in [0.3, 0.4) is 0 Å². The molecule has 7 heteroatoms. The van der Waals surface area contributed by atoms with E-state index in [1.165, 1.54) is 12.3 Å². The molecule has 2 N–H and O–H groups in total. The Morgan fingerprint density at radius 1 is 1.57 bits per heavy atom. The van der Waals surface area contributed by atoms with Gasteiger partial charge in [-0.25, -0.2) is 0 Å². The fourth-order valence-electron chi connectivity index (χ4n) is 0.781. The first kappa shape index (κ1) is 11.0. The van der Waals surface area contributed by atoms with E-state index >= 15 is 0 Å². The van der Waals surface area contributed by atoms with Gasteiger partial charge in [0.05, 0.1) is 5.69 Å². The highest BCUT2D eigenvalue weighted by Crippen LogP contribution is 2.19. The zero-order valence-electron chi connectivity index (χ0n) is 7.08. The second kappa shape index (κ2) is 4.43. The van der Waals surface area contributed by atoms with Crippen molar-refractivity contribution < 1.29 is 22.8 Å². The number of nitrogens with zero attached hydrogens (tertiary/aromatic N) is 1. The van der Waals surface area contributed by atoms with Crippen LogP contribution in [0, 0.1) is 0 Å². The zero-order valence-corrected chi connectivity index (χ0v) is 7.08. The summed E-state index contributed by atoms with van der Waals surface area (Å²) in [4.78, 5) is 0. The molecule has 0 amide bonds. The maximum atomic E-state index is 11.8. The average Bonchev–Trinajstić information content (AvgIpc) is 2.55. The van der Waals surface area contributed by atoms with Gasteiger partial charge in [0.25, 0.3) is 0 Å². The lowest BCUT2D eigenvalue weighted by Gasteiger charge is -2.14. The molecule has 1 aromatic heterocycles. The van der Waals surface area contributed by atoms with Crippen molar-refractivity contribution >= 4 is 0 Å². The molecule has 1 atom stereocenters. The number of hydrogen-bond acceptors (Lipinski definition) is 4. The van der Waals surface area contributed by atoms with Crippen LogP contribution in [0.4, 0.5) is 13.2 Å². The highest BCUT2D eigenvalue weighted by atomic mass is 19.4. The maximum Gasteiger partial charge on any atom is 0.415 e. The highest BCUT2D eigenvalue weighted by molar-refractivity contribution is 4.94. The number of aromatic nitrogens is 1. The molecule has 0 radical (unpaired) electrons. The third-order valence-corrected chi connectivity index (χ3v) is 1.51. The van der Waals surface area contributed by atoms with E-state index in [9.17, 15) is 13.2 Å². The van der Waals surface area contributed by atoms with Crippen molar-refractivity contribution in [3.05, 3.63) is 18.0 Å². The molecule has 4 nitrogen and oxygen atoms in total. The molecule has 14 heavy (non-hydrogen) atoms. The lowest BCUT2D eigenvalue weighted by Crippen LogP contribution is -2.38. The predicted octanol–water partition coefficient (Wildman–Crippen LogP) is 0.687. The third kappa shape index (κ3) is 3.35. The maximum absolute atomic E-state index is 11.8. The second-order valence-electron chi connectivity index (χ2n) is 2.68. The summed E-state index contributed by atoms with van der Waals surface area (Å²) in [5.74, 6) is 0. The number of halogens is 3. The highest BCUT2D eigenvalue weighted by Gasteiger charge is 2.37. The van der Waals surface area contributed by atoms with Crippen LogP contribution < -0.4 is 5.32 Å². The summed E-state index contributed by atoms with van der Waals surface area (Å²) in [6, 6.07) is 1.52. The van der Waals surface area contributed by atoms with Crippen LogP contribution in [-0.2, 0) is 6.54 Å². The topological polar surface area (TPSA) is 58.3 Å². The standard InChI is InChI=1S/C7H9F3N2O2/c8-7(9,10)6(13)4-11-3-5-1-2-14-12-5/h1-2,6,11,13H,3-4H2. The van der Waals surface area contributed by atoms with Crippen molar-refractivity contribution in [3.63, 3.8) is 0 Å². The monoisotopic (exact) mass is 210 g/mol. The van der Waals surface area contributed by atoms with E-state index in [-0.39, 0.29) is 6.54 Å². The van der Waals surface area contributed by atoms with Crippen LogP contribution >= 0.6 is 0 Å². The van der Waals surface area contributed by atoms with Crippen LogP contribution in [0.1, 0.15) is 5.69 Å². The fraction of sp³-hybridized carbons (Fsp3) is 0.571. The molecule has 0 aliphatic rings. The number of alkyl halides is 3. The first-order chi connectivity index (χ1) is 6.50. The summed E-state index contributed by atoms with van der Waals surface area (Å²) in [7, 11) is 0. The van der Waals surface area contributed by atoms with E-state index in [2.05, 4.69) is 15.0 Å². The van der Waals surface area contributed by atoms with Crippen molar-refractivity contribution in [2.24, 2.45) is 0 Å². The van der Waals surface area contributed by atoms with E-state index in [0.29, 0.717) is 5.69 Å². The molecule has 1 aromatic rings. The number of rotatable bonds is 4. The summed E-state index contributed by atoms with van der Waals surface area (Å²) in [5.41, 5.74) is 0.486. The Labute approximate surface area is 77.7 Å². The molecule has 0 aliphatic carbocycles. The Morgan fingerprint density at radius 2 is 2.29 bits per heavy atom. The fourth-order valence-corrected chi connectivity index (χ4v) is 0.781. The van der Waals surface area contributed by atoms with E-state index in [0.717, 1.165) is 0 Å². The van der Waals surface area contributed by atoms with Gasteiger partial charge in [0, 0.05) is 19.2 Å². The molecular formula is C7H9F3N2O2. The van der Waals surface area contributed by atoms with Crippen LogP contribution in [-0.4, -0.2) is 29.1 Å². The smallest absolute Gasteiger partial charge is 0.382 e. The largest absolute Gasteiger partial charge is 0.415 e. The van der Waals surface area contributed by atoms with Crippen molar-refractivity contribution in [2.45, 2.75) is 18.8 Å². The van der Waals surface area contributed by atoms with Gasteiger partial charge in [-0.05, 0) is 0 Å². The van der Waals surface area contributed by atoms with Crippen molar-refractivity contribution in [3.8, 4) is 0 Å². The molecule has 0 saturated carbocycles. The normalized spacial score (nSPS) is 14.3. The molecular weight excluding hydrogens is 201 g/mol. The van der Waals surface area contributed by atoms with Crippen molar-refractivity contribution in [1.82, 2.24) is 10.5 Å². The van der Waals surface area contributed by atoms with Gasteiger partial charge in [-0.2, -0.15) is 13.2 Å². The lowest BCUT2D eigenvalue weighted by atomic mass is 10.3. The zero-order chi connectivity index (χ0) is 10.6. The number of nitrogens with one attached hydrogen (secondary N) is 1. The van der Waals surface area contributed by atoms with Gasteiger partial charge in [-0.1, -0.05) is 5.16 Å². The first-order valence-electron chi connectivity index (χ1n) is 3.85. The SMILES string of the molecule is OC(CNCc1ccon1)C(F)(F)F. The Hall–Kier alpha value is -1.08. The van der Waals surface area contributed by atoms with E-state index in [1.807, 2.05) is 0 Å². The minimum Gasteiger partial charge on any atom is -0.382 e. The van der Waals surface area contributed by atoms with Crippen molar-refractivity contribution in [1.29, 1.82) is 0 Å². The van der Waals surface area contributed by atoms with Crippen LogP contribution in [0.2, 0.25) is 0 Å². The summed E-state index contributed by atoms with van der Waals surface area (Å²) in [5, 5.41) is 14.5. The van der Waals surface area contributed by atoms with E-state index < -0.39 is 18.8 Å². The number of hydrogen-bond donors (Lipinski definition) is 2. The molecule has 1 heterocycles. The Balaban J connectivity index is 2.22. The number of aliphatic hydroxyl groups is 1. The van der Waals surface area contributed by atoms with Crippen LogP contribution in [0.25, 0.3) is 0 Å². The predicted molar refractivity (Wildman–Crippen MR) is 40.3 cm³/mol. The first-order valence-corrected chi connectivity index (χ1v) is 3.85. The minimum absolute atomic E-state index is 0.129. The quantitative estimate of drug-likeness (QED) is 0.767. The Morgan fingerprint density at radius 3 is 2.79 bits per heavy atom. The summed E-state index contributed by atoms with van der Waals surface area (Å²) >= 11 is 0. The van der Waals surface area contributed by atoms with Gasteiger partial charge < -0.3 is 14.9 Å². The molecule has 0 aromatic carbocycles. The minimum atomic E-state index is -4.59. The van der Waals surface area contributed by atoms with Crippen LogP contribution in [0.15, 0.2) is 16.9 Å². The van der Waals surface area contributed by atoms with Gasteiger partial charge in [0.15, 0.2) is 6.10 Å². The van der Waals surface area contributed by atoms with E-state index in [4.69, 9.17) is 5.11 Å². The molecule has 0 spiro atoms. The Kier molecular flexibility index (Phi) is 3.48. The van der Waals surface area contributed by atoms with Gasteiger partial charge in [-0.15, -0.1) is 0 Å². The molecule has 1 unspecified atom stereocenters. The van der Waals surface area contributed by atoms with Crippen LogP contribution in [0.5, 0.6) is 0 Å². The van der Waals surface area contributed by atoms with E-state index in [1.54, 1.807) is 0 Å². The molecule has 80 valence electrons. The molecule has 0 fully saturated rings. The molecule has 0 saturated heterocycles. The van der Waals surface area contributed by atoms with Gasteiger partial charge in [0.1, 0.15) is 6.26 Å². The van der Waals surface area contributed by atoms with Crippen molar-refractivity contribution in [2.75, 3.05) is 6.54 Å². The van der Waals surface area contributed by atoms with Gasteiger partial charge in [0.2, 0.25) is 0 Å².